The molecule has 0 aliphatic heterocycles. The molecule has 0 saturated carbocycles. The summed E-state index contributed by atoms with van der Waals surface area (Å²) in [6.07, 6.45) is 1.42. The lowest BCUT2D eigenvalue weighted by Gasteiger charge is -2.12. The van der Waals surface area contributed by atoms with Gasteiger partial charge in [0, 0.05) is 32.4 Å². The van der Waals surface area contributed by atoms with E-state index >= 15 is 0 Å². The fourth-order valence-corrected chi connectivity index (χ4v) is 1.57. The van der Waals surface area contributed by atoms with Crippen LogP contribution in [0.5, 0.6) is 5.88 Å². The van der Waals surface area contributed by atoms with Crippen molar-refractivity contribution in [3.8, 4) is 5.88 Å². The molecule has 0 aliphatic carbocycles. The summed E-state index contributed by atoms with van der Waals surface area (Å²) in [5.41, 5.74) is -0.393. The highest BCUT2D eigenvalue weighted by molar-refractivity contribution is 6.16. The van der Waals surface area contributed by atoms with Crippen molar-refractivity contribution in [2.75, 3.05) is 27.8 Å². The van der Waals surface area contributed by atoms with E-state index in [1.54, 1.807) is 25.9 Å². The summed E-state index contributed by atoms with van der Waals surface area (Å²) in [6, 6.07) is 2.60. The number of hydrogen-bond acceptors (Lipinski definition) is 7. The molecule has 1 aromatic heterocycles. The highest BCUT2D eigenvalue weighted by Crippen LogP contribution is 2.27. The van der Waals surface area contributed by atoms with Crippen LogP contribution in [0.2, 0.25) is 0 Å². The van der Waals surface area contributed by atoms with Crippen LogP contribution in [0.15, 0.2) is 18.3 Å². The quantitative estimate of drug-likeness (QED) is 0.339. The van der Waals surface area contributed by atoms with Crippen molar-refractivity contribution in [3.63, 3.8) is 0 Å². The molecule has 8 heteroatoms. The molecule has 21 heavy (non-hydrogen) atoms. The molecule has 0 amide bonds. The summed E-state index contributed by atoms with van der Waals surface area (Å²) < 4.78 is 9.89. The molecule has 0 radical (unpaired) electrons. The van der Waals surface area contributed by atoms with Gasteiger partial charge in [-0.3, -0.25) is 10.1 Å². The number of rotatable bonds is 6. The Morgan fingerprint density at radius 2 is 2.14 bits per heavy atom. The first-order chi connectivity index (χ1) is 9.90. The van der Waals surface area contributed by atoms with Gasteiger partial charge in [-0.2, -0.15) is 0 Å². The van der Waals surface area contributed by atoms with E-state index in [2.05, 4.69) is 4.98 Å². The van der Waals surface area contributed by atoms with Crippen LogP contribution in [0.25, 0.3) is 5.57 Å². The number of nitro groups is 1. The summed E-state index contributed by atoms with van der Waals surface area (Å²) in [4.78, 5) is 28.1. The van der Waals surface area contributed by atoms with Gasteiger partial charge in [-0.25, -0.2) is 9.78 Å². The zero-order chi connectivity index (χ0) is 16.0. The maximum Gasteiger partial charge on any atom is 0.342 e. The topological polar surface area (TPSA) is 94.8 Å². The Morgan fingerprint density at radius 3 is 2.62 bits per heavy atom. The molecule has 0 N–H and O–H groups in total. The summed E-state index contributed by atoms with van der Waals surface area (Å²) in [5, 5.41) is 11.1. The van der Waals surface area contributed by atoms with Crippen molar-refractivity contribution in [3.05, 3.63) is 34.1 Å². The van der Waals surface area contributed by atoms with Gasteiger partial charge in [-0.05, 0) is 6.92 Å². The predicted molar refractivity (Wildman–Crippen MR) is 75.7 cm³/mol. The van der Waals surface area contributed by atoms with Gasteiger partial charge in [0.05, 0.1) is 18.6 Å². The Bertz CT molecular complexity index is 569. The summed E-state index contributed by atoms with van der Waals surface area (Å²) in [6.45, 7) is 1.81. The fraction of sp³-hybridized carbons (Fsp3) is 0.385. The van der Waals surface area contributed by atoms with E-state index < -0.39 is 10.9 Å². The van der Waals surface area contributed by atoms with Crippen LogP contribution in [-0.2, 0) is 9.53 Å². The second kappa shape index (κ2) is 7.22. The molecular weight excluding hydrogens is 278 g/mol. The van der Waals surface area contributed by atoms with Crippen molar-refractivity contribution in [1.82, 2.24) is 9.88 Å². The lowest BCUT2D eigenvalue weighted by molar-refractivity contribution is -0.385. The Hall–Kier alpha value is -2.64. The number of nitrogens with zero attached hydrogens (tertiary/aromatic N) is 3. The molecule has 0 aromatic carbocycles. The molecule has 0 bridgehead atoms. The molecule has 1 aromatic rings. The van der Waals surface area contributed by atoms with E-state index in [4.69, 9.17) is 9.47 Å². The number of carbonyl (C=O) groups is 1. The van der Waals surface area contributed by atoms with E-state index in [0.717, 1.165) is 0 Å². The van der Waals surface area contributed by atoms with E-state index in [1.165, 1.54) is 25.4 Å². The zero-order valence-corrected chi connectivity index (χ0v) is 12.3. The van der Waals surface area contributed by atoms with Gasteiger partial charge in [0.25, 0.3) is 5.69 Å². The van der Waals surface area contributed by atoms with Gasteiger partial charge >= 0.3 is 5.97 Å². The Labute approximate surface area is 122 Å². The first-order valence-electron chi connectivity index (χ1n) is 6.15. The average molecular weight is 295 g/mol. The number of carbonyl (C=O) groups excluding carboxylic acids is 1. The van der Waals surface area contributed by atoms with Gasteiger partial charge in [-0.1, -0.05) is 0 Å². The SMILES string of the molecule is CCOC(=O)C(=CN(C)C)c1nc(OC)ccc1[N+](=O)[O-]. The molecule has 0 fully saturated rings. The third-order valence-corrected chi connectivity index (χ3v) is 2.39. The van der Waals surface area contributed by atoms with Crippen LogP contribution in [0.4, 0.5) is 5.69 Å². The van der Waals surface area contributed by atoms with Crippen molar-refractivity contribution < 1.29 is 19.2 Å². The van der Waals surface area contributed by atoms with Gasteiger partial charge in [0.15, 0.2) is 5.69 Å². The second-order valence-corrected chi connectivity index (χ2v) is 4.21. The number of hydrogen-bond donors (Lipinski definition) is 0. The maximum atomic E-state index is 12.0. The Morgan fingerprint density at radius 1 is 1.48 bits per heavy atom. The largest absolute Gasteiger partial charge is 0.481 e. The third kappa shape index (κ3) is 4.16. The van der Waals surface area contributed by atoms with E-state index in [-0.39, 0.29) is 29.4 Å². The van der Waals surface area contributed by atoms with Crippen molar-refractivity contribution in [1.29, 1.82) is 0 Å². The van der Waals surface area contributed by atoms with Crippen LogP contribution in [-0.4, -0.2) is 48.6 Å². The first kappa shape index (κ1) is 16.4. The molecular formula is C13H17N3O5. The Kier molecular flexibility index (Phi) is 5.65. The lowest BCUT2D eigenvalue weighted by atomic mass is 10.1. The molecule has 8 nitrogen and oxygen atoms in total. The Balaban J connectivity index is 3.48. The van der Waals surface area contributed by atoms with Gasteiger partial charge in [-0.15, -0.1) is 0 Å². The fourth-order valence-electron chi connectivity index (χ4n) is 1.57. The summed E-state index contributed by atoms with van der Waals surface area (Å²) >= 11 is 0. The number of aromatic nitrogens is 1. The van der Waals surface area contributed by atoms with Crippen LogP contribution in [0.3, 0.4) is 0 Å². The molecule has 0 aliphatic rings. The predicted octanol–water partition coefficient (Wildman–Crippen LogP) is 1.46. The molecule has 0 unspecified atom stereocenters. The van der Waals surface area contributed by atoms with Crippen LogP contribution >= 0.6 is 0 Å². The van der Waals surface area contributed by atoms with Crippen molar-refractivity contribution in [2.24, 2.45) is 0 Å². The average Bonchev–Trinajstić information content (AvgIpc) is 2.43. The molecule has 1 heterocycles. The minimum atomic E-state index is -0.685. The third-order valence-electron chi connectivity index (χ3n) is 2.39. The van der Waals surface area contributed by atoms with E-state index in [1.807, 2.05) is 0 Å². The maximum absolute atomic E-state index is 12.0. The highest BCUT2D eigenvalue weighted by atomic mass is 16.6. The number of ether oxygens (including phenoxy) is 2. The molecule has 0 saturated heterocycles. The van der Waals surface area contributed by atoms with E-state index in [9.17, 15) is 14.9 Å². The molecule has 1 rings (SSSR count). The first-order valence-corrected chi connectivity index (χ1v) is 6.15. The molecule has 114 valence electrons. The number of esters is 1. The van der Waals surface area contributed by atoms with Crippen LogP contribution in [0, 0.1) is 10.1 Å². The molecule has 0 atom stereocenters. The van der Waals surface area contributed by atoms with Crippen molar-refractivity contribution in [2.45, 2.75) is 6.92 Å². The van der Waals surface area contributed by atoms with Gasteiger partial charge in [0.2, 0.25) is 5.88 Å². The zero-order valence-electron chi connectivity index (χ0n) is 12.3. The standard InChI is InChI=1S/C13H17N3O5/c1-5-21-13(17)9(8-15(2)3)12-10(16(18)19)6-7-11(14-12)20-4/h6-8H,5H2,1-4H3. The van der Waals surface area contributed by atoms with Crippen molar-refractivity contribution >= 4 is 17.2 Å². The molecule has 0 spiro atoms. The van der Waals surface area contributed by atoms with Gasteiger partial charge < -0.3 is 14.4 Å². The number of methoxy groups -OCH3 is 1. The van der Waals surface area contributed by atoms with E-state index in [0.29, 0.717) is 0 Å². The lowest BCUT2D eigenvalue weighted by Crippen LogP contribution is -2.14. The van der Waals surface area contributed by atoms with Crippen LogP contribution < -0.4 is 4.74 Å². The monoisotopic (exact) mass is 295 g/mol. The summed E-state index contributed by atoms with van der Waals surface area (Å²) in [5.74, 6) is -0.514. The smallest absolute Gasteiger partial charge is 0.342 e. The minimum absolute atomic E-state index is 0.00699. The summed E-state index contributed by atoms with van der Waals surface area (Å²) in [7, 11) is 4.76. The van der Waals surface area contributed by atoms with Gasteiger partial charge in [0.1, 0.15) is 5.57 Å². The minimum Gasteiger partial charge on any atom is -0.481 e. The second-order valence-electron chi connectivity index (χ2n) is 4.21. The number of pyridine rings is 1. The highest BCUT2D eigenvalue weighted by Gasteiger charge is 2.26. The van der Waals surface area contributed by atoms with Crippen LogP contribution in [0.1, 0.15) is 12.6 Å². The normalized spacial score (nSPS) is 11.0.